The minimum Gasteiger partial charge on any atom is -0.486 e. The molecule has 0 unspecified atom stereocenters. The van der Waals surface area contributed by atoms with E-state index in [1.165, 1.54) is 14.0 Å². The molecule has 0 heterocycles. The van der Waals surface area contributed by atoms with Crippen molar-refractivity contribution in [1.29, 1.82) is 0 Å². The Hall–Kier alpha value is -2.37. The number of methoxy groups -OCH3 is 1. The zero-order valence-corrected chi connectivity index (χ0v) is 14.7. The summed E-state index contributed by atoms with van der Waals surface area (Å²) < 4.78 is 9.66. The first-order chi connectivity index (χ1) is 11.5. The summed E-state index contributed by atoms with van der Waals surface area (Å²) in [7, 11) is 1.30. The second-order valence-corrected chi connectivity index (χ2v) is 5.05. The summed E-state index contributed by atoms with van der Waals surface area (Å²) in [6.45, 7) is 4.45. The van der Waals surface area contributed by atoms with Crippen LogP contribution in [0.5, 0.6) is 5.75 Å². The van der Waals surface area contributed by atoms with Crippen molar-refractivity contribution < 1.29 is 23.9 Å². The monoisotopic (exact) mass is 337 g/mol. The van der Waals surface area contributed by atoms with Crippen molar-refractivity contribution in [2.24, 2.45) is 0 Å². The summed E-state index contributed by atoms with van der Waals surface area (Å²) >= 11 is 0. The van der Waals surface area contributed by atoms with Crippen molar-refractivity contribution in [3.05, 3.63) is 30.3 Å². The van der Waals surface area contributed by atoms with Crippen molar-refractivity contribution in [1.82, 2.24) is 5.32 Å². The number of nitrogens with one attached hydrogen (secondary N) is 1. The summed E-state index contributed by atoms with van der Waals surface area (Å²) in [5.41, 5.74) is 0. The molecule has 24 heavy (non-hydrogen) atoms. The van der Waals surface area contributed by atoms with E-state index in [1.807, 2.05) is 18.2 Å². The van der Waals surface area contributed by atoms with Gasteiger partial charge in [-0.2, -0.15) is 0 Å². The topological polar surface area (TPSA) is 81.7 Å². The number of hydrogen-bond acceptors (Lipinski definition) is 5. The van der Waals surface area contributed by atoms with Gasteiger partial charge in [-0.25, -0.2) is 0 Å². The summed E-state index contributed by atoms with van der Waals surface area (Å²) in [6.07, 6.45) is 2.48. The molecule has 1 N–H and O–H groups in total. The predicted molar refractivity (Wildman–Crippen MR) is 91.8 cm³/mol. The number of benzene rings is 1. The van der Waals surface area contributed by atoms with Gasteiger partial charge in [0, 0.05) is 19.9 Å². The fraction of sp³-hybridized carbons (Fsp3) is 0.500. The van der Waals surface area contributed by atoms with Crippen molar-refractivity contribution in [2.75, 3.05) is 20.3 Å². The first-order valence-corrected chi connectivity index (χ1v) is 8.00. The van der Waals surface area contributed by atoms with Crippen LogP contribution in [0.25, 0.3) is 0 Å². The normalized spacial score (nSPS) is 9.29. The molecule has 0 aliphatic heterocycles. The van der Waals surface area contributed by atoms with Gasteiger partial charge in [-0.1, -0.05) is 31.5 Å². The molecule has 0 spiro atoms. The highest BCUT2D eigenvalue weighted by molar-refractivity contribution is 5.83. The molecule has 1 amide bonds. The third-order valence-corrected chi connectivity index (χ3v) is 2.88. The molecule has 0 aromatic heterocycles. The number of amides is 1. The molecule has 134 valence electrons. The van der Waals surface area contributed by atoms with Crippen LogP contribution in [-0.4, -0.2) is 37.9 Å². The van der Waals surface area contributed by atoms with E-state index in [0.717, 1.165) is 19.4 Å². The van der Waals surface area contributed by atoms with E-state index in [4.69, 9.17) is 4.74 Å². The number of carbonyl (C=O) groups excluding carboxylic acids is 3. The Morgan fingerprint density at radius 3 is 2.29 bits per heavy atom. The average molecular weight is 337 g/mol. The van der Waals surface area contributed by atoms with Crippen molar-refractivity contribution in [3.8, 4) is 5.75 Å². The number of ether oxygens (including phenoxy) is 2. The lowest BCUT2D eigenvalue weighted by molar-refractivity contribution is -0.142. The van der Waals surface area contributed by atoms with Gasteiger partial charge in [0.1, 0.15) is 12.4 Å². The maximum absolute atomic E-state index is 11.3. The molecule has 1 aromatic carbocycles. The highest BCUT2D eigenvalue weighted by Gasteiger charge is 2.07. The summed E-state index contributed by atoms with van der Waals surface area (Å²) in [4.78, 5) is 32.3. The highest BCUT2D eigenvalue weighted by atomic mass is 16.5. The van der Waals surface area contributed by atoms with Gasteiger partial charge in [0.05, 0.1) is 13.5 Å². The number of hydrogen-bond donors (Lipinski definition) is 1. The van der Waals surface area contributed by atoms with E-state index in [-0.39, 0.29) is 37.1 Å². The molecule has 0 bridgehead atoms. The lowest BCUT2D eigenvalue weighted by atomic mass is 10.2. The molecule has 6 heteroatoms. The molecule has 0 saturated heterocycles. The molecular weight excluding hydrogens is 310 g/mol. The van der Waals surface area contributed by atoms with Gasteiger partial charge in [0.2, 0.25) is 5.91 Å². The van der Waals surface area contributed by atoms with E-state index < -0.39 is 0 Å². The van der Waals surface area contributed by atoms with Crippen LogP contribution in [0.4, 0.5) is 0 Å². The summed E-state index contributed by atoms with van der Waals surface area (Å²) in [5, 5.41) is 2.71. The van der Waals surface area contributed by atoms with Gasteiger partial charge in [-0.3, -0.25) is 14.4 Å². The molecule has 0 aliphatic rings. The average Bonchev–Trinajstić information content (AvgIpc) is 2.59. The number of carbonyl (C=O) groups is 3. The van der Waals surface area contributed by atoms with Crippen LogP contribution < -0.4 is 10.1 Å². The maximum Gasteiger partial charge on any atom is 0.305 e. The van der Waals surface area contributed by atoms with Crippen LogP contribution in [0.1, 0.15) is 39.5 Å². The predicted octanol–water partition coefficient (Wildman–Crippen LogP) is 2.51. The van der Waals surface area contributed by atoms with Crippen LogP contribution in [0.2, 0.25) is 0 Å². The smallest absolute Gasteiger partial charge is 0.305 e. The number of rotatable bonds is 9. The number of ketones is 1. The summed E-state index contributed by atoms with van der Waals surface area (Å²) in [6, 6.07) is 9.07. The summed E-state index contributed by atoms with van der Waals surface area (Å²) in [5.74, 6) is 0.217. The van der Waals surface area contributed by atoms with E-state index in [2.05, 4.69) is 17.0 Å². The van der Waals surface area contributed by atoms with Crippen LogP contribution in [0.15, 0.2) is 30.3 Å². The van der Waals surface area contributed by atoms with Crippen LogP contribution in [0, 0.1) is 0 Å². The fourth-order valence-corrected chi connectivity index (χ4v) is 1.54. The molecule has 0 fully saturated rings. The number of Topliss-reactive ketones (excluding diaryl/α,β-unsaturated/α-hetero) is 1. The van der Waals surface area contributed by atoms with Crippen LogP contribution in [-0.2, 0) is 19.1 Å². The lowest BCUT2D eigenvalue weighted by Crippen LogP contribution is -2.20. The van der Waals surface area contributed by atoms with Crippen molar-refractivity contribution in [2.45, 2.75) is 39.5 Å². The van der Waals surface area contributed by atoms with E-state index >= 15 is 0 Å². The molecule has 0 atom stereocenters. The molecule has 0 aliphatic carbocycles. The van der Waals surface area contributed by atoms with E-state index in [1.54, 1.807) is 12.1 Å². The second-order valence-electron chi connectivity index (χ2n) is 5.05. The SMILES string of the molecule is CCCCNC(C)=O.COC(=O)CCC(=O)COc1ccccc1. The largest absolute Gasteiger partial charge is 0.486 e. The van der Waals surface area contributed by atoms with Gasteiger partial charge in [0.15, 0.2) is 5.78 Å². The quantitative estimate of drug-likeness (QED) is 0.553. The van der Waals surface area contributed by atoms with E-state index in [0.29, 0.717) is 5.75 Å². The highest BCUT2D eigenvalue weighted by Crippen LogP contribution is 2.08. The second kappa shape index (κ2) is 14.2. The van der Waals surface area contributed by atoms with E-state index in [9.17, 15) is 14.4 Å². The Balaban J connectivity index is 0.000000561. The van der Waals surface area contributed by atoms with Gasteiger partial charge < -0.3 is 14.8 Å². The zero-order valence-electron chi connectivity index (χ0n) is 14.7. The van der Waals surface area contributed by atoms with Crippen molar-refractivity contribution in [3.63, 3.8) is 0 Å². The Morgan fingerprint density at radius 1 is 1.08 bits per heavy atom. The third kappa shape index (κ3) is 13.3. The molecule has 0 saturated carbocycles. The van der Waals surface area contributed by atoms with Gasteiger partial charge >= 0.3 is 5.97 Å². The minimum atomic E-state index is -0.381. The first-order valence-electron chi connectivity index (χ1n) is 8.00. The number of unbranched alkanes of at least 4 members (excludes halogenated alkanes) is 1. The van der Waals surface area contributed by atoms with Gasteiger partial charge in [-0.05, 0) is 18.6 Å². The lowest BCUT2D eigenvalue weighted by Gasteiger charge is -2.04. The van der Waals surface area contributed by atoms with Gasteiger partial charge in [-0.15, -0.1) is 0 Å². The standard InChI is InChI=1S/C12H14O4.C6H13NO/c1-15-12(14)8-7-10(13)9-16-11-5-3-2-4-6-11;1-3-4-5-7-6(2)8/h2-6H,7-9H2,1H3;3-5H2,1-2H3,(H,7,8). The minimum absolute atomic E-state index is 0.0129. The fourth-order valence-electron chi connectivity index (χ4n) is 1.54. The Bertz CT molecular complexity index is 487. The van der Waals surface area contributed by atoms with Crippen molar-refractivity contribution >= 4 is 17.7 Å². The molecule has 0 radical (unpaired) electrons. The molecule has 1 aromatic rings. The number of para-hydroxylation sites is 1. The number of esters is 1. The van der Waals surface area contributed by atoms with Crippen LogP contribution >= 0.6 is 0 Å². The Kier molecular flexibility index (Phi) is 12.8. The molecule has 1 rings (SSSR count). The first kappa shape index (κ1) is 21.6. The zero-order chi connectivity index (χ0) is 18.2. The maximum atomic E-state index is 11.3. The molecular formula is C18H27NO5. The molecule has 6 nitrogen and oxygen atoms in total. The Morgan fingerprint density at radius 2 is 1.75 bits per heavy atom. The van der Waals surface area contributed by atoms with Crippen LogP contribution in [0.3, 0.4) is 0 Å². The van der Waals surface area contributed by atoms with Gasteiger partial charge in [0.25, 0.3) is 0 Å². The Labute approximate surface area is 143 Å². The third-order valence-electron chi connectivity index (χ3n) is 2.88.